The quantitative estimate of drug-likeness (QED) is 0.266. The molecule has 0 amide bonds. The van der Waals surface area contributed by atoms with Crippen molar-refractivity contribution in [2.75, 3.05) is 32.8 Å². The number of hydrogen-bond donors (Lipinski definition) is 1. The van der Waals surface area contributed by atoms with Crippen LogP contribution in [0.25, 0.3) is 0 Å². The van der Waals surface area contributed by atoms with E-state index >= 15 is 0 Å². The molecule has 1 N–H and O–H groups in total. The van der Waals surface area contributed by atoms with Crippen LogP contribution in [-0.4, -0.2) is 37.7 Å². The van der Waals surface area contributed by atoms with Crippen molar-refractivity contribution in [2.24, 2.45) is 0 Å². The van der Waals surface area contributed by atoms with Crippen LogP contribution in [0.2, 0.25) is 0 Å². The molecule has 3 heteroatoms. The summed E-state index contributed by atoms with van der Waals surface area (Å²) in [6, 6.07) is 44.2. The monoisotopic (exact) mass is 454 g/mol. The van der Waals surface area contributed by atoms with Crippen LogP contribution in [-0.2, 0) is 6.54 Å². The number of benzene rings is 4. The fraction of sp³-hybridized carbons (Fsp3) is 0.200. The molecule has 0 radical (unpaired) electrons. The zero-order valence-electron chi connectivity index (χ0n) is 19.5. The molecular formula is C30H35N2P. The van der Waals surface area contributed by atoms with Gasteiger partial charge in [0.2, 0.25) is 0 Å². The van der Waals surface area contributed by atoms with Gasteiger partial charge in [0.05, 0.1) is 0 Å². The van der Waals surface area contributed by atoms with Gasteiger partial charge >= 0.3 is 200 Å². The maximum absolute atomic E-state index is 3.76. The fourth-order valence-corrected chi connectivity index (χ4v) is 9.45. The van der Waals surface area contributed by atoms with Crippen molar-refractivity contribution in [3.8, 4) is 0 Å². The average molecular weight is 455 g/mol. The first-order valence-corrected chi connectivity index (χ1v) is 14.1. The van der Waals surface area contributed by atoms with Crippen molar-refractivity contribution in [1.29, 1.82) is 0 Å². The van der Waals surface area contributed by atoms with Gasteiger partial charge in [0, 0.05) is 0 Å². The second-order valence-corrected chi connectivity index (χ2v) is 12.8. The van der Waals surface area contributed by atoms with Crippen molar-refractivity contribution < 1.29 is 0 Å². The first-order valence-electron chi connectivity index (χ1n) is 11.9. The Hall–Kier alpha value is -2.77. The zero-order valence-corrected chi connectivity index (χ0v) is 20.5. The molecule has 0 aliphatic heterocycles. The minimum absolute atomic E-state index is 0.985. The summed E-state index contributed by atoms with van der Waals surface area (Å²) >= 11 is 0. The molecule has 0 saturated carbocycles. The van der Waals surface area contributed by atoms with Crippen LogP contribution in [0.5, 0.6) is 0 Å². The fourth-order valence-electron chi connectivity index (χ4n) is 4.75. The third kappa shape index (κ3) is 5.97. The van der Waals surface area contributed by atoms with Gasteiger partial charge in [-0.05, 0) is 0 Å². The molecule has 0 saturated heterocycles. The van der Waals surface area contributed by atoms with Gasteiger partial charge in [0.25, 0.3) is 0 Å². The average Bonchev–Trinajstić information content (AvgIpc) is 2.88. The number of hydrogen-bond acceptors (Lipinski definition) is 2. The Morgan fingerprint density at radius 3 is 1.45 bits per heavy atom. The summed E-state index contributed by atoms with van der Waals surface area (Å²) in [6.45, 7) is 4.01. The van der Waals surface area contributed by atoms with E-state index in [9.17, 15) is 0 Å². The predicted molar refractivity (Wildman–Crippen MR) is 147 cm³/mol. The molecular weight excluding hydrogens is 419 g/mol. The summed E-state index contributed by atoms with van der Waals surface area (Å²) < 4.78 is 0. The summed E-state index contributed by atoms with van der Waals surface area (Å²) in [5, 5.41) is 8.19. The molecule has 0 spiro atoms. The van der Waals surface area contributed by atoms with Gasteiger partial charge in [-0.2, -0.15) is 0 Å². The van der Waals surface area contributed by atoms with Crippen LogP contribution < -0.4 is 21.2 Å². The first-order chi connectivity index (χ1) is 16.3. The summed E-state index contributed by atoms with van der Waals surface area (Å²) in [4.78, 5) is 2.39. The zero-order chi connectivity index (χ0) is 22.8. The molecule has 0 aliphatic carbocycles. The maximum atomic E-state index is 3.76. The molecule has 4 aromatic carbocycles. The second-order valence-electron chi connectivity index (χ2n) is 8.73. The number of rotatable bonds is 11. The molecule has 4 aromatic rings. The molecule has 0 unspecified atom stereocenters. The van der Waals surface area contributed by atoms with Gasteiger partial charge in [-0.25, -0.2) is 0 Å². The van der Waals surface area contributed by atoms with Crippen molar-refractivity contribution in [1.82, 2.24) is 10.2 Å². The Labute approximate surface area is 199 Å². The van der Waals surface area contributed by atoms with E-state index in [1.807, 2.05) is 0 Å². The summed E-state index contributed by atoms with van der Waals surface area (Å²) in [7, 11) is 0.0620. The molecule has 33 heavy (non-hydrogen) atoms. The molecule has 0 aliphatic rings. The van der Waals surface area contributed by atoms with Crippen LogP contribution in [0.4, 0.5) is 0 Å². The van der Waals surface area contributed by atoms with Crippen LogP contribution in [0.1, 0.15) is 5.56 Å². The molecule has 0 aromatic heterocycles. The minimum atomic E-state index is -2.14. The van der Waals surface area contributed by atoms with Gasteiger partial charge < -0.3 is 0 Å². The normalized spacial score (nSPS) is 12.1. The van der Waals surface area contributed by atoms with Crippen molar-refractivity contribution in [3.05, 3.63) is 127 Å². The van der Waals surface area contributed by atoms with E-state index in [4.69, 9.17) is 0 Å². The third-order valence-electron chi connectivity index (χ3n) is 6.44. The van der Waals surface area contributed by atoms with Gasteiger partial charge in [0.15, 0.2) is 0 Å². The van der Waals surface area contributed by atoms with E-state index < -0.39 is 7.26 Å². The molecule has 0 atom stereocenters. The predicted octanol–water partition coefficient (Wildman–Crippen LogP) is 4.43. The third-order valence-corrected chi connectivity index (χ3v) is 11.4. The van der Waals surface area contributed by atoms with Crippen molar-refractivity contribution >= 4 is 23.2 Å². The van der Waals surface area contributed by atoms with Gasteiger partial charge in [-0.15, -0.1) is 0 Å². The van der Waals surface area contributed by atoms with Crippen molar-refractivity contribution in [3.63, 3.8) is 0 Å². The molecule has 170 valence electrons. The molecule has 0 fully saturated rings. The van der Waals surface area contributed by atoms with E-state index in [0.717, 1.165) is 32.3 Å². The standard InChI is InChI=1S/C30H35N2P/c1-32(26-27-14-6-2-7-15-27)24-22-31-23-25-33(28-16-8-3-9-17-28,29-18-10-4-11-19-29)30-20-12-5-13-21-30/h2-21,31,33H,22-26H2,1H3. The Morgan fingerprint density at radius 1 is 0.576 bits per heavy atom. The van der Waals surface area contributed by atoms with Crippen molar-refractivity contribution in [2.45, 2.75) is 6.54 Å². The Balaban J connectivity index is 1.49. The van der Waals surface area contributed by atoms with E-state index in [1.165, 1.54) is 21.5 Å². The molecule has 4 rings (SSSR count). The van der Waals surface area contributed by atoms with Crippen LogP contribution in [0, 0.1) is 0 Å². The topological polar surface area (TPSA) is 15.3 Å². The summed E-state index contributed by atoms with van der Waals surface area (Å²) in [5.74, 6) is 0. The first kappa shape index (κ1) is 23.4. The van der Waals surface area contributed by atoms with E-state index in [-0.39, 0.29) is 0 Å². The Bertz CT molecular complexity index is 973. The van der Waals surface area contributed by atoms with E-state index in [2.05, 4.69) is 139 Å². The second kappa shape index (κ2) is 11.9. The van der Waals surface area contributed by atoms with E-state index in [0.29, 0.717) is 0 Å². The Kier molecular flexibility index (Phi) is 8.44. The van der Waals surface area contributed by atoms with Gasteiger partial charge in [-0.1, -0.05) is 0 Å². The number of nitrogens with zero attached hydrogens (tertiary/aromatic N) is 1. The molecule has 2 nitrogen and oxygen atoms in total. The number of nitrogens with one attached hydrogen (secondary N) is 1. The Morgan fingerprint density at radius 2 is 1.00 bits per heavy atom. The van der Waals surface area contributed by atoms with Gasteiger partial charge in [0.1, 0.15) is 0 Å². The summed E-state index contributed by atoms with van der Waals surface area (Å²) in [6.07, 6.45) is 1.13. The van der Waals surface area contributed by atoms with Crippen LogP contribution in [0.3, 0.4) is 0 Å². The SMILES string of the molecule is CN(CCNCC[PH](c1ccccc1)(c1ccccc1)c1ccccc1)Cc1ccccc1. The van der Waals surface area contributed by atoms with E-state index in [1.54, 1.807) is 0 Å². The summed E-state index contributed by atoms with van der Waals surface area (Å²) in [5.41, 5.74) is 1.36. The van der Waals surface area contributed by atoms with Gasteiger partial charge in [-0.3, -0.25) is 0 Å². The molecule has 0 heterocycles. The number of likely N-dealkylation sites (N-methyl/N-ethyl adjacent to an activating group) is 1. The van der Waals surface area contributed by atoms with Crippen LogP contribution >= 0.6 is 7.26 Å². The molecule has 0 bridgehead atoms. The van der Waals surface area contributed by atoms with Crippen LogP contribution in [0.15, 0.2) is 121 Å².